The Kier molecular flexibility index (Phi) is 4.72. The lowest BCUT2D eigenvalue weighted by Gasteiger charge is -2.06. The quantitative estimate of drug-likeness (QED) is 0.513. The monoisotopic (exact) mass is 405 g/mol. The van der Waals surface area contributed by atoms with E-state index in [-0.39, 0.29) is 5.75 Å². The number of halogens is 1. The Morgan fingerprint density at radius 1 is 1.42 bits per heavy atom. The van der Waals surface area contributed by atoms with Gasteiger partial charge in [-0.1, -0.05) is 6.07 Å². The van der Waals surface area contributed by atoms with Gasteiger partial charge >= 0.3 is 0 Å². The van der Waals surface area contributed by atoms with Crippen LogP contribution < -0.4 is 4.74 Å². The molecule has 0 atom stereocenters. The number of hydrogen-bond acceptors (Lipinski definition) is 6. The molecule has 1 aromatic carbocycles. The number of phenols is 1. The summed E-state index contributed by atoms with van der Waals surface area (Å²) in [5, 5.41) is 21.1. The van der Waals surface area contributed by atoms with E-state index in [0.717, 1.165) is 0 Å². The molecule has 0 spiro atoms. The van der Waals surface area contributed by atoms with Crippen molar-refractivity contribution in [1.82, 2.24) is 19.9 Å². The van der Waals surface area contributed by atoms with Gasteiger partial charge in [0.15, 0.2) is 11.5 Å². The number of pyridine rings is 1. The van der Waals surface area contributed by atoms with Crippen LogP contribution in [0.1, 0.15) is 5.56 Å². The largest absolute Gasteiger partial charge is 0.503 e. The fourth-order valence-electron chi connectivity index (χ4n) is 2.01. The number of H-pyrrole nitrogens is 1. The maximum Gasteiger partial charge on any atom is 0.216 e. The van der Waals surface area contributed by atoms with Gasteiger partial charge in [0, 0.05) is 6.20 Å². The summed E-state index contributed by atoms with van der Waals surface area (Å²) >= 11 is 8.49. The van der Waals surface area contributed by atoms with Gasteiger partial charge in [-0.2, -0.15) is 14.9 Å². The summed E-state index contributed by atoms with van der Waals surface area (Å²) in [6, 6.07) is 8.87. The maximum absolute atomic E-state index is 9.85. The van der Waals surface area contributed by atoms with E-state index in [4.69, 9.17) is 17.0 Å². The van der Waals surface area contributed by atoms with Crippen molar-refractivity contribution in [2.75, 3.05) is 7.11 Å². The fraction of sp³-hybridized carbons (Fsp3) is 0.0667. The molecule has 2 N–H and O–H groups in total. The minimum absolute atomic E-state index is 0.0312. The van der Waals surface area contributed by atoms with Gasteiger partial charge in [-0.15, -0.1) is 0 Å². The van der Waals surface area contributed by atoms with Crippen LogP contribution in [0.3, 0.4) is 0 Å². The molecule has 0 radical (unpaired) electrons. The third-order valence-corrected chi connectivity index (χ3v) is 4.01. The molecule has 0 aliphatic rings. The summed E-state index contributed by atoms with van der Waals surface area (Å²) in [4.78, 5) is 4.25. The summed E-state index contributed by atoms with van der Waals surface area (Å²) in [6.45, 7) is 0. The van der Waals surface area contributed by atoms with Gasteiger partial charge < -0.3 is 9.84 Å². The van der Waals surface area contributed by atoms with Crippen LogP contribution in [0.25, 0.3) is 11.5 Å². The lowest BCUT2D eigenvalue weighted by Crippen LogP contribution is -1.97. The number of ether oxygens (including phenoxy) is 1. The predicted octanol–water partition coefficient (Wildman–Crippen LogP) is 3.36. The number of aromatic nitrogens is 4. The first-order chi connectivity index (χ1) is 11.6. The van der Waals surface area contributed by atoms with Crippen LogP contribution in [0.4, 0.5) is 0 Å². The molecule has 0 bridgehead atoms. The Labute approximate surface area is 150 Å². The van der Waals surface area contributed by atoms with E-state index in [1.54, 1.807) is 24.5 Å². The third-order valence-electron chi connectivity index (χ3n) is 3.14. The normalized spacial score (nSPS) is 11.1. The molecule has 3 aromatic rings. The summed E-state index contributed by atoms with van der Waals surface area (Å²) in [7, 11) is 1.48. The average molecular weight is 406 g/mol. The van der Waals surface area contributed by atoms with Gasteiger partial charge in [-0.3, -0.25) is 4.98 Å². The molecule has 0 saturated heterocycles. The number of benzene rings is 1. The van der Waals surface area contributed by atoms with Crippen molar-refractivity contribution in [1.29, 1.82) is 0 Å². The van der Waals surface area contributed by atoms with Crippen LogP contribution in [0.15, 0.2) is 46.1 Å². The molecule has 0 saturated carbocycles. The first-order valence-electron chi connectivity index (χ1n) is 6.80. The Morgan fingerprint density at radius 3 is 2.96 bits per heavy atom. The van der Waals surface area contributed by atoms with Crippen LogP contribution in [0.2, 0.25) is 0 Å². The van der Waals surface area contributed by atoms with Crippen LogP contribution in [-0.2, 0) is 0 Å². The SMILES string of the molecule is COc1cc(C=Nn2c(-c3ccccn3)n[nH]c2=S)cc(Br)c1O. The zero-order valence-electron chi connectivity index (χ0n) is 12.5. The minimum Gasteiger partial charge on any atom is -0.503 e. The fourth-order valence-corrected chi connectivity index (χ4v) is 2.65. The molecule has 122 valence electrons. The summed E-state index contributed by atoms with van der Waals surface area (Å²) in [5.41, 5.74) is 1.36. The average Bonchev–Trinajstić information content (AvgIpc) is 2.97. The number of rotatable bonds is 4. The lowest BCUT2D eigenvalue weighted by molar-refractivity contribution is 0.372. The molecule has 0 aliphatic heterocycles. The molecular weight excluding hydrogens is 394 g/mol. The standard InChI is InChI=1S/C15H12BrN5O2S/c1-23-12-7-9(6-10(16)13(12)22)8-18-21-14(19-20-15(21)24)11-4-2-3-5-17-11/h2-8,22H,1H3,(H,20,24). The molecule has 7 nitrogen and oxygen atoms in total. The topological polar surface area (TPSA) is 88.3 Å². The molecule has 9 heteroatoms. The van der Waals surface area contributed by atoms with E-state index in [1.807, 2.05) is 18.2 Å². The first-order valence-corrected chi connectivity index (χ1v) is 8.00. The molecule has 24 heavy (non-hydrogen) atoms. The second kappa shape index (κ2) is 6.93. The number of nitrogens with zero attached hydrogens (tertiary/aromatic N) is 4. The van der Waals surface area contributed by atoms with E-state index >= 15 is 0 Å². The van der Waals surface area contributed by atoms with Crippen molar-refractivity contribution in [2.24, 2.45) is 5.10 Å². The van der Waals surface area contributed by atoms with Crippen LogP contribution >= 0.6 is 28.1 Å². The molecule has 0 amide bonds. The van der Waals surface area contributed by atoms with Crippen molar-refractivity contribution in [3.63, 3.8) is 0 Å². The van der Waals surface area contributed by atoms with Crippen molar-refractivity contribution >= 4 is 34.4 Å². The minimum atomic E-state index is 0.0312. The van der Waals surface area contributed by atoms with Crippen LogP contribution in [0, 0.1) is 4.77 Å². The Balaban J connectivity index is 2.01. The third kappa shape index (κ3) is 3.22. The van der Waals surface area contributed by atoms with Gasteiger partial charge in [0.2, 0.25) is 10.6 Å². The smallest absolute Gasteiger partial charge is 0.216 e. The number of phenolic OH excluding ortho intramolecular Hbond substituents is 1. The Hall–Kier alpha value is -2.52. The molecule has 3 rings (SSSR count). The van der Waals surface area contributed by atoms with E-state index < -0.39 is 0 Å². The summed E-state index contributed by atoms with van der Waals surface area (Å²) < 4.78 is 7.45. The Morgan fingerprint density at radius 2 is 2.25 bits per heavy atom. The predicted molar refractivity (Wildman–Crippen MR) is 96.0 cm³/mol. The van der Waals surface area contributed by atoms with E-state index in [1.165, 1.54) is 11.8 Å². The molecule has 0 unspecified atom stereocenters. The highest BCUT2D eigenvalue weighted by Crippen LogP contribution is 2.34. The second-order valence-electron chi connectivity index (χ2n) is 4.68. The number of methoxy groups -OCH3 is 1. The second-order valence-corrected chi connectivity index (χ2v) is 5.92. The lowest BCUT2D eigenvalue weighted by atomic mass is 10.2. The number of nitrogens with one attached hydrogen (secondary N) is 1. The molecular formula is C15H12BrN5O2S. The highest BCUT2D eigenvalue weighted by Gasteiger charge is 2.10. The van der Waals surface area contributed by atoms with Crippen molar-refractivity contribution in [3.05, 3.63) is 51.3 Å². The van der Waals surface area contributed by atoms with Gasteiger partial charge in [-0.05, 0) is 58.0 Å². The van der Waals surface area contributed by atoms with Gasteiger partial charge in [0.05, 0.1) is 17.8 Å². The van der Waals surface area contributed by atoms with E-state index in [2.05, 4.69) is 36.2 Å². The summed E-state index contributed by atoms with van der Waals surface area (Å²) in [6.07, 6.45) is 3.26. The molecule has 2 heterocycles. The highest BCUT2D eigenvalue weighted by molar-refractivity contribution is 9.10. The van der Waals surface area contributed by atoms with Gasteiger partial charge in [-0.25, -0.2) is 5.10 Å². The van der Waals surface area contributed by atoms with Crippen molar-refractivity contribution < 1.29 is 9.84 Å². The molecule has 0 fully saturated rings. The zero-order chi connectivity index (χ0) is 17.1. The first kappa shape index (κ1) is 16.3. The number of aromatic hydroxyl groups is 1. The van der Waals surface area contributed by atoms with E-state index in [0.29, 0.717) is 32.1 Å². The maximum atomic E-state index is 9.85. The van der Waals surface area contributed by atoms with Gasteiger partial charge in [0.1, 0.15) is 5.69 Å². The Bertz CT molecular complexity index is 952. The zero-order valence-corrected chi connectivity index (χ0v) is 14.9. The van der Waals surface area contributed by atoms with E-state index in [9.17, 15) is 5.11 Å². The molecule has 0 aliphatic carbocycles. The van der Waals surface area contributed by atoms with Gasteiger partial charge in [0.25, 0.3) is 0 Å². The summed E-state index contributed by atoms with van der Waals surface area (Å²) in [5.74, 6) is 0.872. The van der Waals surface area contributed by atoms with Crippen LogP contribution in [0.5, 0.6) is 11.5 Å². The van der Waals surface area contributed by atoms with Crippen LogP contribution in [-0.4, -0.2) is 38.3 Å². The number of hydrogen-bond donors (Lipinski definition) is 2. The molecule has 2 aromatic heterocycles. The number of aromatic amines is 1. The van der Waals surface area contributed by atoms with Crippen molar-refractivity contribution in [3.8, 4) is 23.0 Å². The van der Waals surface area contributed by atoms with Crippen molar-refractivity contribution in [2.45, 2.75) is 0 Å². The highest BCUT2D eigenvalue weighted by atomic mass is 79.9.